The number of nitrogens with two attached hydrogens (primary N) is 1. The van der Waals surface area contributed by atoms with Crippen molar-refractivity contribution in [2.24, 2.45) is 11.7 Å². The average molecular weight is 421 g/mol. The number of hydrogen-bond acceptors (Lipinski definition) is 4. The second kappa shape index (κ2) is 8.52. The summed E-state index contributed by atoms with van der Waals surface area (Å²) >= 11 is 0. The molecule has 1 saturated heterocycles. The molecule has 2 heterocycles. The quantitative estimate of drug-likeness (QED) is 0.628. The first-order valence-corrected chi connectivity index (χ1v) is 11.4. The molecule has 1 aliphatic heterocycles. The highest BCUT2D eigenvalue weighted by molar-refractivity contribution is 5.82. The number of nitrogens with zero attached hydrogens (tertiary/aromatic N) is 3. The molecule has 0 bridgehead atoms. The molecule has 1 aliphatic carbocycles. The van der Waals surface area contributed by atoms with Crippen LogP contribution in [0.1, 0.15) is 49.5 Å². The van der Waals surface area contributed by atoms with Gasteiger partial charge in [0.1, 0.15) is 17.2 Å². The smallest absolute Gasteiger partial charge is 0.266 e. The van der Waals surface area contributed by atoms with E-state index in [-0.39, 0.29) is 17.1 Å². The van der Waals surface area contributed by atoms with E-state index in [1.807, 2.05) is 30.3 Å². The molecule has 1 unspecified atom stereocenters. The minimum atomic E-state index is -0.458. The number of halogens is 1. The fourth-order valence-electron chi connectivity index (χ4n) is 4.76. The van der Waals surface area contributed by atoms with Crippen molar-refractivity contribution in [2.75, 3.05) is 19.6 Å². The molecule has 5 rings (SSSR count). The lowest BCUT2D eigenvalue weighted by atomic mass is 10.0. The van der Waals surface area contributed by atoms with E-state index < -0.39 is 5.82 Å². The zero-order valence-corrected chi connectivity index (χ0v) is 17.8. The van der Waals surface area contributed by atoms with Crippen LogP contribution in [-0.2, 0) is 6.42 Å². The maximum atomic E-state index is 14.8. The Balaban J connectivity index is 1.61. The summed E-state index contributed by atoms with van der Waals surface area (Å²) in [7, 11) is 0. The predicted octanol–water partition coefficient (Wildman–Crippen LogP) is 3.96. The number of likely N-dealkylation sites (tertiary alicyclic amines) is 1. The van der Waals surface area contributed by atoms with Crippen LogP contribution < -0.4 is 11.3 Å². The number of benzene rings is 2. The summed E-state index contributed by atoms with van der Waals surface area (Å²) < 4.78 is 16.5. The van der Waals surface area contributed by atoms with Gasteiger partial charge in [-0.1, -0.05) is 24.3 Å². The van der Waals surface area contributed by atoms with Gasteiger partial charge in [0.05, 0.1) is 17.1 Å². The van der Waals surface area contributed by atoms with Crippen molar-refractivity contribution < 1.29 is 4.39 Å². The molecule has 0 spiro atoms. The van der Waals surface area contributed by atoms with Gasteiger partial charge >= 0.3 is 0 Å². The van der Waals surface area contributed by atoms with Crippen molar-refractivity contribution >= 4 is 10.9 Å². The van der Waals surface area contributed by atoms with Crippen LogP contribution in [-0.4, -0.2) is 34.1 Å². The van der Waals surface area contributed by atoms with Crippen molar-refractivity contribution in [1.82, 2.24) is 14.5 Å². The third kappa shape index (κ3) is 4.02. The summed E-state index contributed by atoms with van der Waals surface area (Å²) in [5, 5.41) is 0.386. The highest BCUT2D eigenvalue weighted by atomic mass is 19.1. The Bertz CT molecular complexity index is 1130. The molecule has 1 atom stereocenters. The van der Waals surface area contributed by atoms with Gasteiger partial charge in [-0.2, -0.15) is 0 Å². The highest BCUT2D eigenvalue weighted by Gasteiger charge is 2.33. The van der Waals surface area contributed by atoms with Crippen molar-refractivity contribution in [3.8, 4) is 5.69 Å². The molecule has 162 valence electrons. The van der Waals surface area contributed by atoms with Gasteiger partial charge < -0.3 is 10.6 Å². The molecular formula is C25H29FN4O. The van der Waals surface area contributed by atoms with Crippen LogP contribution in [0.4, 0.5) is 4.39 Å². The van der Waals surface area contributed by atoms with Crippen molar-refractivity contribution in [3.05, 3.63) is 70.0 Å². The Morgan fingerprint density at radius 3 is 2.55 bits per heavy atom. The van der Waals surface area contributed by atoms with E-state index in [1.54, 1.807) is 10.6 Å². The van der Waals surface area contributed by atoms with Crippen molar-refractivity contribution in [2.45, 2.75) is 44.6 Å². The minimum absolute atomic E-state index is 0.155. The zero-order valence-electron chi connectivity index (χ0n) is 17.8. The first kappa shape index (κ1) is 20.3. The number of hydrogen-bond donors (Lipinski definition) is 1. The van der Waals surface area contributed by atoms with Crippen LogP contribution >= 0.6 is 0 Å². The van der Waals surface area contributed by atoms with Gasteiger partial charge in [-0.3, -0.25) is 9.36 Å². The maximum absolute atomic E-state index is 14.8. The molecule has 2 fully saturated rings. The van der Waals surface area contributed by atoms with Crippen LogP contribution in [0.3, 0.4) is 0 Å². The standard InChI is InChI=1S/C25H29FN4O/c26-20-13-12-17(7-6-16-29-14-4-5-15-29)21-23(20)28-24(22(27)18-10-11-18)30(25(21)31)19-8-2-1-3-9-19/h1-3,8-9,12-13,18,22H,4-7,10-11,14-16,27H2. The third-order valence-electron chi connectivity index (χ3n) is 6.65. The molecular weight excluding hydrogens is 391 g/mol. The van der Waals surface area contributed by atoms with Gasteiger partial charge in [0.2, 0.25) is 0 Å². The Morgan fingerprint density at radius 1 is 1.10 bits per heavy atom. The molecule has 31 heavy (non-hydrogen) atoms. The van der Waals surface area contributed by atoms with E-state index in [0.29, 0.717) is 17.1 Å². The van der Waals surface area contributed by atoms with E-state index in [9.17, 15) is 9.18 Å². The molecule has 0 radical (unpaired) electrons. The van der Waals surface area contributed by atoms with Gasteiger partial charge in [0.25, 0.3) is 5.56 Å². The zero-order chi connectivity index (χ0) is 21.4. The summed E-state index contributed by atoms with van der Waals surface area (Å²) in [6.07, 6.45) is 6.22. The first-order valence-electron chi connectivity index (χ1n) is 11.4. The van der Waals surface area contributed by atoms with Gasteiger partial charge in [0, 0.05) is 0 Å². The molecule has 2 N–H and O–H groups in total. The van der Waals surface area contributed by atoms with Crippen molar-refractivity contribution in [3.63, 3.8) is 0 Å². The lowest BCUT2D eigenvalue weighted by molar-refractivity contribution is 0.334. The maximum Gasteiger partial charge on any atom is 0.266 e. The van der Waals surface area contributed by atoms with Crippen molar-refractivity contribution in [1.29, 1.82) is 0 Å². The van der Waals surface area contributed by atoms with Crippen LogP contribution in [0.2, 0.25) is 0 Å². The Kier molecular flexibility index (Phi) is 5.59. The molecule has 2 aliphatic rings. The van der Waals surface area contributed by atoms with Crippen LogP contribution in [0, 0.1) is 11.7 Å². The minimum Gasteiger partial charge on any atom is -0.321 e. The largest absolute Gasteiger partial charge is 0.321 e. The number of aryl methyl sites for hydroxylation is 1. The van der Waals surface area contributed by atoms with Crippen LogP contribution in [0.5, 0.6) is 0 Å². The number of fused-ring (bicyclic) bond motifs is 1. The molecule has 5 nitrogen and oxygen atoms in total. The molecule has 6 heteroatoms. The van der Waals surface area contributed by atoms with E-state index in [1.165, 1.54) is 18.9 Å². The monoisotopic (exact) mass is 420 g/mol. The average Bonchev–Trinajstić information content (AvgIpc) is 3.51. The lowest BCUT2D eigenvalue weighted by Crippen LogP contribution is -2.30. The first-order chi connectivity index (χ1) is 15.1. The second-order valence-electron chi connectivity index (χ2n) is 8.89. The number of rotatable bonds is 7. The Morgan fingerprint density at radius 2 is 1.84 bits per heavy atom. The summed E-state index contributed by atoms with van der Waals surface area (Å²) in [6, 6.07) is 12.3. The second-order valence-corrected chi connectivity index (χ2v) is 8.89. The van der Waals surface area contributed by atoms with E-state index >= 15 is 0 Å². The summed E-state index contributed by atoms with van der Waals surface area (Å²) in [5.74, 6) is 0.296. The van der Waals surface area contributed by atoms with E-state index in [4.69, 9.17) is 5.73 Å². The Hall–Kier alpha value is -2.57. The lowest BCUT2D eigenvalue weighted by Gasteiger charge is -2.20. The van der Waals surface area contributed by atoms with E-state index in [0.717, 1.165) is 56.6 Å². The molecule has 2 aromatic carbocycles. The predicted molar refractivity (Wildman–Crippen MR) is 121 cm³/mol. The fourth-order valence-corrected chi connectivity index (χ4v) is 4.76. The highest BCUT2D eigenvalue weighted by Crippen LogP contribution is 2.39. The molecule has 1 saturated carbocycles. The van der Waals surface area contributed by atoms with Crippen LogP contribution in [0.15, 0.2) is 47.3 Å². The summed E-state index contributed by atoms with van der Waals surface area (Å²) in [5.41, 5.74) is 8.00. The van der Waals surface area contributed by atoms with Crippen LogP contribution in [0.25, 0.3) is 16.6 Å². The topological polar surface area (TPSA) is 64.2 Å². The number of aromatic nitrogens is 2. The summed E-state index contributed by atoms with van der Waals surface area (Å²) in [6.45, 7) is 3.30. The fraction of sp³-hybridized carbons (Fsp3) is 0.440. The van der Waals surface area contributed by atoms with Gasteiger partial charge in [-0.25, -0.2) is 9.37 Å². The molecule has 3 aromatic rings. The van der Waals surface area contributed by atoms with Gasteiger partial charge in [-0.05, 0) is 87.8 Å². The normalized spacial score (nSPS) is 18.0. The van der Waals surface area contributed by atoms with E-state index in [2.05, 4.69) is 9.88 Å². The third-order valence-corrected chi connectivity index (χ3v) is 6.65. The SMILES string of the molecule is NC(c1nc2c(F)ccc(CCCN3CCCC3)c2c(=O)n1-c1ccccc1)C1CC1. The summed E-state index contributed by atoms with van der Waals surface area (Å²) in [4.78, 5) is 20.9. The number of para-hydroxylation sites is 1. The Labute approximate surface area is 181 Å². The van der Waals surface area contributed by atoms with Gasteiger partial charge in [-0.15, -0.1) is 0 Å². The molecule has 0 amide bonds. The molecule has 1 aromatic heterocycles. The van der Waals surface area contributed by atoms with Gasteiger partial charge in [0.15, 0.2) is 0 Å².